The van der Waals surface area contributed by atoms with Gasteiger partial charge in [0.05, 0.1) is 36.0 Å². The molecule has 0 bridgehead atoms. The number of carbonyl (C=O) groups is 4. The SMILES string of the molecule is C=C[C@@H]1C[C@]1(NC(=O)[C@@H]1C[C@@H](Oc2cc(-c3ccccc3)nc3cc(OC)ccc23)CN1C(=O)[C@@H](CC(=O)N1CCCCC1)C(C)(C)C)C(=O)NS(=O)(=O)C1CC1. The number of rotatable bonds is 13. The van der Waals surface area contributed by atoms with Crippen molar-refractivity contribution in [3.05, 3.63) is 67.3 Å². The van der Waals surface area contributed by atoms with Crippen LogP contribution in [0.4, 0.5) is 0 Å². The van der Waals surface area contributed by atoms with E-state index in [1.54, 1.807) is 7.11 Å². The number of amides is 4. The van der Waals surface area contributed by atoms with Crippen LogP contribution < -0.4 is 19.5 Å². The molecule has 4 aliphatic rings. The number of aromatic nitrogens is 1. The van der Waals surface area contributed by atoms with E-state index in [0.717, 1.165) is 24.8 Å². The number of nitrogens with one attached hydrogen (secondary N) is 2. The van der Waals surface area contributed by atoms with Crippen molar-refractivity contribution in [1.29, 1.82) is 0 Å². The number of carbonyl (C=O) groups excluding carboxylic acids is 4. The smallest absolute Gasteiger partial charge is 0.259 e. The Labute approximate surface area is 334 Å². The Bertz CT molecular complexity index is 2160. The van der Waals surface area contributed by atoms with Crippen molar-refractivity contribution in [2.24, 2.45) is 17.3 Å². The van der Waals surface area contributed by atoms with E-state index in [2.05, 4.69) is 16.6 Å². The minimum atomic E-state index is -3.90. The Morgan fingerprint density at radius 2 is 1.75 bits per heavy atom. The third kappa shape index (κ3) is 8.51. The predicted molar refractivity (Wildman–Crippen MR) is 216 cm³/mol. The first-order valence-corrected chi connectivity index (χ1v) is 21.5. The van der Waals surface area contributed by atoms with Crippen LogP contribution in [0.3, 0.4) is 0 Å². The number of benzene rings is 2. The van der Waals surface area contributed by atoms with Gasteiger partial charge in [0.25, 0.3) is 5.91 Å². The fourth-order valence-corrected chi connectivity index (χ4v) is 9.51. The van der Waals surface area contributed by atoms with Crippen molar-refractivity contribution in [2.75, 3.05) is 26.7 Å². The van der Waals surface area contributed by atoms with Crippen molar-refractivity contribution in [3.8, 4) is 22.8 Å². The van der Waals surface area contributed by atoms with Crippen LogP contribution in [0.25, 0.3) is 22.2 Å². The van der Waals surface area contributed by atoms with Gasteiger partial charge in [-0.2, -0.15) is 0 Å². The Morgan fingerprint density at radius 3 is 2.39 bits per heavy atom. The van der Waals surface area contributed by atoms with Crippen LogP contribution in [-0.4, -0.2) is 96.5 Å². The van der Waals surface area contributed by atoms with Gasteiger partial charge in [0.1, 0.15) is 29.2 Å². The van der Waals surface area contributed by atoms with Crippen LogP contribution in [-0.2, 0) is 29.2 Å². The van der Waals surface area contributed by atoms with Gasteiger partial charge in [-0.25, -0.2) is 13.4 Å². The van der Waals surface area contributed by atoms with E-state index in [1.807, 2.05) is 80.3 Å². The molecule has 57 heavy (non-hydrogen) atoms. The summed E-state index contributed by atoms with van der Waals surface area (Å²) in [6.07, 6.45) is 4.91. The molecule has 0 spiro atoms. The number of nitrogens with zero attached hydrogens (tertiary/aromatic N) is 3. The Balaban J connectivity index is 1.21. The van der Waals surface area contributed by atoms with Gasteiger partial charge in [-0.05, 0) is 56.1 Å². The van der Waals surface area contributed by atoms with Gasteiger partial charge in [0.2, 0.25) is 27.7 Å². The molecule has 14 heteroatoms. The van der Waals surface area contributed by atoms with E-state index in [9.17, 15) is 27.6 Å². The maximum absolute atomic E-state index is 14.9. The first kappa shape index (κ1) is 40.2. The molecule has 2 saturated heterocycles. The molecule has 3 aromatic rings. The highest BCUT2D eigenvalue weighted by atomic mass is 32.2. The van der Waals surface area contributed by atoms with Crippen LogP contribution in [0.2, 0.25) is 0 Å². The summed E-state index contributed by atoms with van der Waals surface area (Å²) < 4.78 is 40.1. The van der Waals surface area contributed by atoms with Crippen molar-refractivity contribution in [2.45, 2.75) is 95.1 Å². The molecule has 2 saturated carbocycles. The second kappa shape index (κ2) is 15.8. The zero-order valence-electron chi connectivity index (χ0n) is 33.2. The fraction of sp³-hybridized carbons (Fsp3) is 0.512. The summed E-state index contributed by atoms with van der Waals surface area (Å²) in [4.78, 5) is 64.9. The monoisotopic (exact) mass is 799 g/mol. The zero-order chi connectivity index (χ0) is 40.7. The Morgan fingerprint density at radius 1 is 1.04 bits per heavy atom. The van der Waals surface area contributed by atoms with Crippen molar-refractivity contribution in [3.63, 3.8) is 0 Å². The lowest BCUT2D eigenvalue weighted by Crippen LogP contribution is -2.57. The van der Waals surface area contributed by atoms with E-state index >= 15 is 0 Å². The number of methoxy groups -OCH3 is 1. The number of fused-ring (bicyclic) bond motifs is 1. The predicted octanol–water partition coefficient (Wildman–Crippen LogP) is 4.99. The third-order valence-electron chi connectivity index (χ3n) is 11.9. The molecular formula is C43H53N5O8S. The highest BCUT2D eigenvalue weighted by Crippen LogP contribution is 2.46. The van der Waals surface area contributed by atoms with Gasteiger partial charge < -0.3 is 24.6 Å². The molecule has 2 aromatic carbocycles. The van der Waals surface area contributed by atoms with Crippen molar-refractivity contribution >= 4 is 44.6 Å². The molecule has 2 N–H and O–H groups in total. The standard InChI is InChI=1S/C43H53N5O8S/c1-6-28-25-43(28,41(52)46-57(53,54)31-16-17-31)45-39(50)36-22-30(26-48(36)40(51)33(42(2,3)4)23-38(49)47-19-11-8-12-20-47)56-37-24-34(27-13-9-7-10-14-27)44-35-21-29(55-5)15-18-32(35)37/h6-7,9-10,13-15,18,21,24,28,30-31,33,36H,1,8,11-12,16-17,19-20,22-23,25-26H2,2-5H3,(H,45,50)(H,46,52)/t28-,30-,33-,36+,43-/m1/s1. The van der Waals surface area contributed by atoms with Gasteiger partial charge in [0.15, 0.2) is 0 Å². The van der Waals surface area contributed by atoms with Crippen LogP contribution in [0.15, 0.2) is 67.3 Å². The summed E-state index contributed by atoms with van der Waals surface area (Å²) >= 11 is 0. The van der Waals surface area contributed by atoms with Gasteiger partial charge in [0, 0.05) is 54.9 Å². The molecule has 7 rings (SSSR count). The van der Waals surface area contributed by atoms with E-state index < -0.39 is 62.0 Å². The largest absolute Gasteiger partial charge is 0.497 e. The number of sulfonamides is 1. The third-order valence-corrected chi connectivity index (χ3v) is 13.7. The number of ether oxygens (including phenoxy) is 2. The molecule has 2 aliphatic carbocycles. The van der Waals surface area contributed by atoms with Crippen LogP contribution >= 0.6 is 0 Å². The molecule has 0 unspecified atom stereocenters. The molecule has 13 nitrogen and oxygen atoms in total. The minimum Gasteiger partial charge on any atom is -0.497 e. The summed E-state index contributed by atoms with van der Waals surface area (Å²) in [6.45, 7) is 10.9. The molecular weight excluding hydrogens is 747 g/mol. The number of likely N-dealkylation sites (tertiary alicyclic amines) is 2. The van der Waals surface area contributed by atoms with E-state index in [1.165, 1.54) is 11.0 Å². The molecule has 3 heterocycles. The summed E-state index contributed by atoms with van der Waals surface area (Å²) in [5, 5.41) is 2.94. The van der Waals surface area contributed by atoms with Crippen LogP contribution in [0.1, 0.15) is 72.1 Å². The second-order valence-corrected chi connectivity index (χ2v) is 18.9. The summed E-state index contributed by atoms with van der Waals surface area (Å²) in [5.41, 5.74) is -0.0157. The van der Waals surface area contributed by atoms with Crippen molar-refractivity contribution in [1.82, 2.24) is 24.8 Å². The molecule has 4 amide bonds. The Kier molecular flexibility index (Phi) is 11.1. The van der Waals surface area contributed by atoms with E-state index in [0.29, 0.717) is 54.0 Å². The maximum atomic E-state index is 14.9. The molecule has 2 aliphatic heterocycles. The normalized spacial score (nSPS) is 24.0. The number of piperidine rings is 1. The quantitative estimate of drug-likeness (QED) is 0.227. The highest BCUT2D eigenvalue weighted by Gasteiger charge is 2.62. The molecule has 304 valence electrons. The summed E-state index contributed by atoms with van der Waals surface area (Å²) in [7, 11) is -2.31. The Hall–Kier alpha value is -4.98. The van der Waals surface area contributed by atoms with Crippen molar-refractivity contribution < 1.29 is 37.1 Å². The molecule has 5 atom stereocenters. The summed E-state index contributed by atoms with van der Waals surface area (Å²) in [5.74, 6) is -2.03. The molecule has 1 aromatic heterocycles. The lowest BCUT2D eigenvalue weighted by Gasteiger charge is -2.36. The van der Waals surface area contributed by atoms with E-state index in [4.69, 9.17) is 14.5 Å². The number of hydrogen-bond donors (Lipinski definition) is 2. The number of pyridine rings is 1. The number of hydrogen-bond acceptors (Lipinski definition) is 9. The fourth-order valence-electron chi connectivity index (χ4n) is 8.14. The first-order valence-electron chi connectivity index (χ1n) is 19.9. The summed E-state index contributed by atoms with van der Waals surface area (Å²) in [6, 6.07) is 15.9. The highest BCUT2D eigenvalue weighted by molar-refractivity contribution is 7.91. The average molecular weight is 800 g/mol. The molecule has 4 fully saturated rings. The average Bonchev–Trinajstić information content (AvgIpc) is 4.13. The van der Waals surface area contributed by atoms with Crippen LogP contribution in [0.5, 0.6) is 11.5 Å². The van der Waals surface area contributed by atoms with Gasteiger partial charge in [-0.3, -0.25) is 23.9 Å². The lowest BCUT2D eigenvalue weighted by atomic mass is 9.77. The lowest BCUT2D eigenvalue weighted by molar-refractivity contribution is -0.148. The van der Waals surface area contributed by atoms with Gasteiger partial charge in [-0.15, -0.1) is 6.58 Å². The maximum Gasteiger partial charge on any atom is 0.259 e. The second-order valence-electron chi connectivity index (χ2n) is 17.0. The first-order chi connectivity index (χ1) is 27.1. The molecule has 0 radical (unpaired) electrons. The van der Waals surface area contributed by atoms with E-state index in [-0.39, 0.29) is 37.6 Å². The van der Waals surface area contributed by atoms with Gasteiger partial charge >= 0.3 is 0 Å². The zero-order valence-corrected chi connectivity index (χ0v) is 34.0. The minimum absolute atomic E-state index is 0.0140. The topological polar surface area (TPSA) is 164 Å². The van der Waals surface area contributed by atoms with Gasteiger partial charge in [-0.1, -0.05) is 57.2 Å². The van der Waals surface area contributed by atoms with Crippen LogP contribution in [0, 0.1) is 17.3 Å².